The van der Waals surface area contributed by atoms with E-state index in [4.69, 9.17) is 5.26 Å². The Balaban J connectivity index is 1.65. The van der Waals surface area contributed by atoms with Crippen LogP contribution in [-0.2, 0) is 18.3 Å². The largest absolute Gasteiger partial charge is 0.325 e. The highest BCUT2D eigenvalue weighted by Gasteiger charge is 2.11. The van der Waals surface area contributed by atoms with Gasteiger partial charge in [-0.1, -0.05) is 23.9 Å². The lowest BCUT2D eigenvalue weighted by molar-refractivity contribution is -0.113. The molecule has 2 aromatic heterocycles. The molecule has 8 heteroatoms. The number of carbonyl (C=O) groups excluding carboxylic acids is 1. The van der Waals surface area contributed by atoms with E-state index in [0.29, 0.717) is 27.5 Å². The fourth-order valence-corrected chi connectivity index (χ4v) is 3.81. The quantitative estimate of drug-likeness (QED) is 0.551. The van der Waals surface area contributed by atoms with Gasteiger partial charge in [-0.3, -0.25) is 14.2 Å². The monoisotopic (exact) mass is 370 g/mol. The molecule has 0 fully saturated rings. The smallest absolute Gasteiger partial charge is 0.262 e. The van der Waals surface area contributed by atoms with Crippen LogP contribution in [0.25, 0.3) is 10.2 Å². The van der Waals surface area contributed by atoms with Crippen molar-refractivity contribution < 1.29 is 4.79 Å². The number of rotatable bonds is 5. The van der Waals surface area contributed by atoms with Crippen molar-refractivity contribution in [2.75, 3.05) is 11.1 Å². The Labute approximate surface area is 152 Å². The average molecular weight is 370 g/mol. The third-order valence-corrected chi connectivity index (χ3v) is 5.35. The number of hydrogen-bond acceptors (Lipinski definition) is 6. The summed E-state index contributed by atoms with van der Waals surface area (Å²) >= 11 is 2.63. The van der Waals surface area contributed by atoms with E-state index in [1.54, 1.807) is 25.2 Å². The number of carbonyl (C=O) groups is 1. The first kappa shape index (κ1) is 17.2. The van der Waals surface area contributed by atoms with Crippen LogP contribution in [0, 0.1) is 11.3 Å². The van der Waals surface area contributed by atoms with Gasteiger partial charge in [-0.05, 0) is 29.1 Å². The number of fused-ring (bicyclic) bond motifs is 1. The standard InChI is InChI=1S/C17H14N4O2S2/c1-21-16(23)13-7-9-24-15(13)20-17(21)25-10-14(22)19-12-4-2-11(3-5-12)6-8-18/h2-5,7,9H,6,10H2,1H3,(H,19,22). The number of thioether (sulfide) groups is 1. The second-order valence-corrected chi connectivity index (χ2v) is 7.10. The Kier molecular flexibility index (Phi) is 5.16. The van der Waals surface area contributed by atoms with Crippen molar-refractivity contribution in [1.29, 1.82) is 5.26 Å². The lowest BCUT2D eigenvalue weighted by Gasteiger charge is -2.08. The summed E-state index contributed by atoms with van der Waals surface area (Å²) in [4.78, 5) is 29.5. The van der Waals surface area contributed by atoms with Gasteiger partial charge in [0.15, 0.2) is 5.16 Å². The first-order valence-electron chi connectivity index (χ1n) is 7.41. The number of thiophene rings is 1. The summed E-state index contributed by atoms with van der Waals surface area (Å²) in [5, 5.41) is 14.4. The minimum Gasteiger partial charge on any atom is -0.325 e. The van der Waals surface area contributed by atoms with E-state index in [0.717, 1.165) is 5.56 Å². The van der Waals surface area contributed by atoms with Crippen molar-refractivity contribution in [2.45, 2.75) is 11.6 Å². The van der Waals surface area contributed by atoms with Crippen LogP contribution in [0.15, 0.2) is 45.7 Å². The maximum atomic E-state index is 12.2. The van der Waals surface area contributed by atoms with Crippen LogP contribution in [-0.4, -0.2) is 21.2 Å². The summed E-state index contributed by atoms with van der Waals surface area (Å²) in [6, 6.07) is 11.0. The molecule has 0 unspecified atom stereocenters. The summed E-state index contributed by atoms with van der Waals surface area (Å²) in [6.07, 6.45) is 0.342. The predicted molar refractivity (Wildman–Crippen MR) is 100.0 cm³/mol. The first-order valence-corrected chi connectivity index (χ1v) is 9.28. The average Bonchev–Trinajstić information content (AvgIpc) is 3.07. The zero-order valence-electron chi connectivity index (χ0n) is 13.4. The lowest BCUT2D eigenvalue weighted by Crippen LogP contribution is -2.20. The molecule has 0 aliphatic heterocycles. The summed E-state index contributed by atoms with van der Waals surface area (Å²) in [5.41, 5.74) is 1.46. The first-order chi connectivity index (χ1) is 12.1. The lowest BCUT2D eigenvalue weighted by atomic mass is 10.1. The molecule has 1 N–H and O–H groups in total. The van der Waals surface area contributed by atoms with Crippen molar-refractivity contribution in [1.82, 2.24) is 9.55 Å². The molecule has 2 heterocycles. The van der Waals surface area contributed by atoms with Gasteiger partial charge in [-0.15, -0.1) is 11.3 Å². The topological polar surface area (TPSA) is 87.8 Å². The number of nitrogens with zero attached hydrogens (tertiary/aromatic N) is 3. The van der Waals surface area contributed by atoms with E-state index in [2.05, 4.69) is 16.4 Å². The highest BCUT2D eigenvalue weighted by molar-refractivity contribution is 7.99. The maximum absolute atomic E-state index is 12.2. The molecule has 0 saturated heterocycles. The molecule has 0 bridgehead atoms. The zero-order valence-corrected chi connectivity index (χ0v) is 15.0. The summed E-state index contributed by atoms with van der Waals surface area (Å²) < 4.78 is 1.46. The van der Waals surface area contributed by atoms with Gasteiger partial charge < -0.3 is 5.32 Å². The Hall–Kier alpha value is -2.63. The normalized spacial score (nSPS) is 10.6. The summed E-state index contributed by atoms with van der Waals surface area (Å²) in [5.74, 6) is -0.0320. The van der Waals surface area contributed by atoms with Crippen LogP contribution < -0.4 is 10.9 Å². The third-order valence-electron chi connectivity index (χ3n) is 3.52. The molecule has 1 amide bonds. The SMILES string of the molecule is Cn1c(SCC(=O)Nc2ccc(CC#N)cc2)nc2sccc2c1=O. The molecule has 0 aliphatic carbocycles. The minimum atomic E-state index is -0.182. The van der Waals surface area contributed by atoms with E-state index in [9.17, 15) is 9.59 Å². The molecule has 126 valence electrons. The highest BCUT2D eigenvalue weighted by Crippen LogP contribution is 2.20. The van der Waals surface area contributed by atoms with Crippen molar-refractivity contribution >= 4 is 44.9 Å². The maximum Gasteiger partial charge on any atom is 0.262 e. The fourth-order valence-electron chi connectivity index (χ4n) is 2.23. The van der Waals surface area contributed by atoms with Crippen LogP contribution >= 0.6 is 23.1 Å². The zero-order chi connectivity index (χ0) is 17.8. The van der Waals surface area contributed by atoms with Gasteiger partial charge >= 0.3 is 0 Å². The van der Waals surface area contributed by atoms with Gasteiger partial charge in [-0.25, -0.2) is 4.98 Å². The van der Waals surface area contributed by atoms with Gasteiger partial charge in [0.1, 0.15) is 4.83 Å². The Morgan fingerprint density at radius 3 is 2.84 bits per heavy atom. The molecule has 3 rings (SSSR count). The fraction of sp³-hybridized carbons (Fsp3) is 0.176. The van der Waals surface area contributed by atoms with Crippen molar-refractivity contribution in [3.63, 3.8) is 0 Å². The van der Waals surface area contributed by atoms with Crippen LogP contribution in [0.3, 0.4) is 0 Å². The number of anilines is 1. The van der Waals surface area contributed by atoms with E-state index < -0.39 is 0 Å². The molecule has 0 spiro atoms. The summed E-state index contributed by atoms with van der Waals surface area (Å²) in [7, 11) is 1.65. The van der Waals surface area contributed by atoms with Crippen molar-refractivity contribution in [3.05, 3.63) is 51.6 Å². The summed E-state index contributed by atoms with van der Waals surface area (Å²) in [6.45, 7) is 0. The number of amides is 1. The van der Waals surface area contributed by atoms with Crippen molar-refractivity contribution in [3.8, 4) is 6.07 Å². The number of benzene rings is 1. The third kappa shape index (κ3) is 3.90. The number of nitriles is 1. The molecule has 1 aromatic carbocycles. The van der Waals surface area contributed by atoms with E-state index >= 15 is 0 Å². The molecule has 0 atom stereocenters. The van der Waals surface area contributed by atoms with Crippen LogP contribution in [0.2, 0.25) is 0 Å². The van der Waals surface area contributed by atoms with E-state index in [-0.39, 0.29) is 17.2 Å². The molecule has 0 radical (unpaired) electrons. The molecule has 25 heavy (non-hydrogen) atoms. The molecule has 0 aliphatic rings. The highest BCUT2D eigenvalue weighted by atomic mass is 32.2. The molecular formula is C17H14N4O2S2. The van der Waals surface area contributed by atoms with Crippen LogP contribution in [0.4, 0.5) is 5.69 Å². The Morgan fingerprint density at radius 2 is 2.12 bits per heavy atom. The van der Waals surface area contributed by atoms with Gasteiger partial charge in [0.2, 0.25) is 5.91 Å². The van der Waals surface area contributed by atoms with Crippen LogP contribution in [0.5, 0.6) is 0 Å². The van der Waals surface area contributed by atoms with Gasteiger partial charge in [0, 0.05) is 12.7 Å². The Morgan fingerprint density at radius 1 is 1.36 bits per heavy atom. The van der Waals surface area contributed by atoms with E-state index in [1.165, 1.54) is 27.7 Å². The predicted octanol–water partition coefficient (Wildman–Crippen LogP) is 2.79. The molecule has 0 saturated carbocycles. The molecule has 6 nitrogen and oxygen atoms in total. The second kappa shape index (κ2) is 7.51. The number of nitrogens with one attached hydrogen (secondary N) is 1. The molecular weight excluding hydrogens is 356 g/mol. The van der Waals surface area contributed by atoms with Gasteiger partial charge in [0.25, 0.3) is 5.56 Å². The number of hydrogen-bond donors (Lipinski definition) is 1. The van der Waals surface area contributed by atoms with Gasteiger partial charge in [0.05, 0.1) is 23.6 Å². The second-order valence-electron chi connectivity index (χ2n) is 5.27. The van der Waals surface area contributed by atoms with Gasteiger partial charge in [-0.2, -0.15) is 5.26 Å². The van der Waals surface area contributed by atoms with Crippen LogP contribution in [0.1, 0.15) is 5.56 Å². The van der Waals surface area contributed by atoms with E-state index in [1.807, 2.05) is 17.5 Å². The minimum absolute atomic E-state index is 0.109. The Bertz CT molecular complexity index is 1020. The number of aromatic nitrogens is 2. The molecule has 3 aromatic rings. The van der Waals surface area contributed by atoms with Crippen molar-refractivity contribution in [2.24, 2.45) is 7.05 Å².